The minimum atomic E-state index is -1.31. The van der Waals surface area contributed by atoms with Crippen LogP contribution in [0.5, 0.6) is 11.5 Å². The molecule has 29 heavy (non-hydrogen) atoms. The molecule has 1 atom stereocenters. The summed E-state index contributed by atoms with van der Waals surface area (Å²) in [7, 11) is 3.18. The third-order valence-corrected chi connectivity index (χ3v) is 5.13. The molecule has 152 valence electrons. The Kier molecular flexibility index (Phi) is 5.44. The molecule has 1 aliphatic heterocycles. The first-order valence-corrected chi connectivity index (χ1v) is 9.59. The Morgan fingerprint density at radius 3 is 2.72 bits per heavy atom. The Balaban J connectivity index is 1.71. The van der Waals surface area contributed by atoms with Gasteiger partial charge < -0.3 is 20.1 Å². The van der Waals surface area contributed by atoms with Crippen LogP contribution in [0.25, 0.3) is 22.3 Å². The van der Waals surface area contributed by atoms with Gasteiger partial charge in [-0.05, 0) is 43.7 Å². The fraction of sp³-hybridized carbons (Fsp3) is 0.381. The molecule has 4 rings (SSSR count). The topological polar surface area (TPSA) is 81.2 Å². The van der Waals surface area contributed by atoms with E-state index in [1.54, 1.807) is 26.6 Å². The SMILES string of the molecule is COc1ccc(-c2cc3nccnc3c(NCC3(F)CCCNC3)n2)cc1OC. The van der Waals surface area contributed by atoms with Gasteiger partial charge >= 0.3 is 0 Å². The Morgan fingerprint density at radius 1 is 1.14 bits per heavy atom. The van der Waals surface area contributed by atoms with Crippen molar-refractivity contribution in [3.8, 4) is 22.8 Å². The molecule has 0 radical (unpaired) electrons. The zero-order chi connectivity index (χ0) is 20.3. The molecule has 1 saturated heterocycles. The molecule has 3 aromatic rings. The van der Waals surface area contributed by atoms with Gasteiger partial charge in [0, 0.05) is 24.5 Å². The molecule has 1 aromatic carbocycles. The lowest BCUT2D eigenvalue weighted by molar-refractivity contribution is 0.137. The highest BCUT2D eigenvalue weighted by atomic mass is 19.1. The zero-order valence-corrected chi connectivity index (χ0v) is 16.5. The molecular weight excluding hydrogens is 373 g/mol. The van der Waals surface area contributed by atoms with Crippen LogP contribution < -0.4 is 20.1 Å². The van der Waals surface area contributed by atoms with Gasteiger partial charge in [0.15, 0.2) is 17.3 Å². The Morgan fingerprint density at radius 2 is 1.97 bits per heavy atom. The van der Waals surface area contributed by atoms with Crippen LogP contribution in [0.4, 0.5) is 10.2 Å². The van der Waals surface area contributed by atoms with Crippen molar-refractivity contribution in [2.75, 3.05) is 39.2 Å². The van der Waals surface area contributed by atoms with Gasteiger partial charge in [0.05, 0.1) is 32.0 Å². The number of pyridine rings is 1. The molecule has 7 nitrogen and oxygen atoms in total. The van der Waals surface area contributed by atoms with Crippen molar-refractivity contribution >= 4 is 16.9 Å². The number of halogens is 1. The van der Waals surface area contributed by atoms with E-state index >= 15 is 4.39 Å². The standard InChI is InChI=1S/C21H24FN5O2/c1-28-17-5-4-14(10-18(17)29-2)15-11-16-19(25-9-8-24-16)20(27-15)26-13-21(22)6-3-7-23-12-21/h4-5,8-11,23H,3,6-7,12-13H2,1-2H3,(H,26,27). The monoisotopic (exact) mass is 397 g/mol. The van der Waals surface area contributed by atoms with Gasteiger partial charge in [-0.25, -0.2) is 14.4 Å². The number of nitrogens with one attached hydrogen (secondary N) is 2. The summed E-state index contributed by atoms with van der Waals surface area (Å²) >= 11 is 0. The van der Waals surface area contributed by atoms with Crippen molar-refractivity contribution in [1.82, 2.24) is 20.3 Å². The van der Waals surface area contributed by atoms with Crippen molar-refractivity contribution in [3.63, 3.8) is 0 Å². The maximum atomic E-state index is 15.0. The van der Waals surface area contributed by atoms with Gasteiger partial charge in [0.2, 0.25) is 0 Å². The summed E-state index contributed by atoms with van der Waals surface area (Å²) in [6, 6.07) is 7.45. The molecule has 0 bridgehead atoms. The van der Waals surface area contributed by atoms with E-state index in [0.29, 0.717) is 47.0 Å². The summed E-state index contributed by atoms with van der Waals surface area (Å²) in [6.45, 7) is 1.35. The van der Waals surface area contributed by atoms with Crippen LogP contribution in [0.15, 0.2) is 36.7 Å². The first-order valence-electron chi connectivity index (χ1n) is 9.59. The van der Waals surface area contributed by atoms with Crippen LogP contribution in [0, 0.1) is 0 Å². The second-order valence-electron chi connectivity index (χ2n) is 7.13. The molecule has 0 amide bonds. The number of hydrogen-bond acceptors (Lipinski definition) is 7. The summed E-state index contributed by atoms with van der Waals surface area (Å²) in [4.78, 5) is 13.5. The van der Waals surface area contributed by atoms with E-state index in [1.165, 1.54) is 0 Å². The predicted octanol–water partition coefficient (Wildman–Crippen LogP) is 3.21. The van der Waals surface area contributed by atoms with Gasteiger partial charge in [-0.15, -0.1) is 0 Å². The van der Waals surface area contributed by atoms with E-state index in [2.05, 4.69) is 20.6 Å². The fourth-order valence-corrected chi connectivity index (χ4v) is 3.56. The van der Waals surface area contributed by atoms with Crippen LogP contribution in [0.2, 0.25) is 0 Å². The lowest BCUT2D eigenvalue weighted by atomic mass is 9.96. The van der Waals surface area contributed by atoms with Crippen LogP contribution in [0.3, 0.4) is 0 Å². The van der Waals surface area contributed by atoms with Crippen LogP contribution in [-0.4, -0.2) is 54.5 Å². The van der Waals surface area contributed by atoms with Crippen molar-refractivity contribution in [2.24, 2.45) is 0 Å². The van der Waals surface area contributed by atoms with Gasteiger partial charge in [0.1, 0.15) is 11.2 Å². The van der Waals surface area contributed by atoms with Gasteiger partial charge in [-0.1, -0.05) is 0 Å². The lowest BCUT2D eigenvalue weighted by Crippen LogP contribution is -2.46. The molecule has 0 spiro atoms. The number of alkyl halides is 1. The minimum Gasteiger partial charge on any atom is -0.493 e. The molecule has 2 aromatic heterocycles. The smallest absolute Gasteiger partial charge is 0.161 e. The van der Waals surface area contributed by atoms with E-state index in [1.807, 2.05) is 24.3 Å². The van der Waals surface area contributed by atoms with Crippen molar-refractivity contribution in [3.05, 3.63) is 36.7 Å². The zero-order valence-electron chi connectivity index (χ0n) is 16.5. The number of benzene rings is 1. The molecule has 1 unspecified atom stereocenters. The van der Waals surface area contributed by atoms with E-state index < -0.39 is 5.67 Å². The first kappa shape index (κ1) is 19.3. The number of methoxy groups -OCH3 is 2. The summed E-state index contributed by atoms with van der Waals surface area (Å²) in [6.07, 6.45) is 4.58. The number of anilines is 1. The van der Waals surface area contributed by atoms with Gasteiger partial charge in [-0.3, -0.25) is 4.98 Å². The normalized spacial score (nSPS) is 19.1. The highest BCUT2D eigenvalue weighted by Gasteiger charge is 2.31. The minimum absolute atomic E-state index is 0.161. The second-order valence-corrected chi connectivity index (χ2v) is 7.13. The van der Waals surface area contributed by atoms with Gasteiger partial charge in [-0.2, -0.15) is 0 Å². The Labute approximate surface area is 168 Å². The summed E-state index contributed by atoms with van der Waals surface area (Å²) < 4.78 is 25.8. The van der Waals surface area contributed by atoms with Crippen LogP contribution >= 0.6 is 0 Å². The molecule has 3 heterocycles. The average Bonchev–Trinajstić information content (AvgIpc) is 2.77. The molecule has 0 saturated carbocycles. The molecule has 0 aliphatic carbocycles. The van der Waals surface area contributed by atoms with Crippen molar-refractivity contribution < 1.29 is 13.9 Å². The third-order valence-electron chi connectivity index (χ3n) is 5.13. The molecular formula is C21H24FN5O2. The highest BCUT2D eigenvalue weighted by Crippen LogP contribution is 2.33. The maximum Gasteiger partial charge on any atom is 0.161 e. The largest absolute Gasteiger partial charge is 0.493 e. The van der Waals surface area contributed by atoms with Crippen molar-refractivity contribution in [1.29, 1.82) is 0 Å². The van der Waals surface area contributed by atoms with E-state index in [-0.39, 0.29) is 6.54 Å². The number of aromatic nitrogens is 3. The quantitative estimate of drug-likeness (QED) is 0.661. The number of hydrogen-bond donors (Lipinski definition) is 2. The fourth-order valence-electron chi connectivity index (χ4n) is 3.56. The highest BCUT2D eigenvalue weighted by molar-refractivity contribution is 5.88. The summed E-state index contributed by atoms with van der Waals surface area (Å²) in [5, 5.41) is 6.29. The summed E-state index contributed by atoms with van der Waals surface area (Å²) in [5.74, 6) is 1.76. The van der Waals surface area contributed by atoms with Crippen LogP contribution in [0.1, 0.15) is 12.8 Å². The Bertz CT molecular complexity index is 1010. The number of ether oxygens (including phenoxy) is 2. The van der Waals surface area contributed by atoms with E-state index in [0.717, 1.165) is 18.5 Å². The molecule has 8 heteroatoms. The Hall–Kier alpha value is -3.00. The maximum absolute atomic E-state index is 15.0. The number of nitrogens with zero attached hydrogens (tertiary/aromatic N) is 3. The van der Waals surface area contributed by atoms with E-state index in [4.69, 9.17) is 14.5 Å². The molecule has 1 aliphatic rings. The lowest BCUT2D eigenvalue weighted by Gasteiger charge is -2.30. The van der Waals surface area contributed by atoms with E-state index in [9.17, 15) is 0 Å². The number of fused-ring (bicyclic) bond motifs is 1. The van der Waals surface area contributed by atoms with Crippen LogP contribution in [-0.2, 0) is 0 Å². The number of rotatable bonds is 6. The molecule has 1 fully saturated rings. The predicted molar refractivity (Wildman–Crippen MR) is 110 cm³/mol. The summed E-state index contributed by atoms with van der Waals surface area (Å²) in [5.41, 5.74) is 1.52. The third kappa shape index (κ3) is 4.07. The second kappa shape index (κ2) is 8.16. The number of piperidine rings is 1. The van der Waals surface area contributed by atoms with Gasteiger partial charge in [0.25, 0.3) is 0 Å². The molecule has 2 N–H and O–H groups in total. The van der Waals surface area contributed by atoms with Crippen molar-refractivity contribution in [2.45, 2.75) is 18.5 Å². The average molecular weight is 397 g/mol. The first-order chi connectivity index (χ1) is 14.1.